The van der Waals surface area contributed by atoms with Crippen molar-refractivity contribution >= 4 is 21.9 Å². The lowest BCUT2D eigenvalue weighted by atomic mass is 10.1. The highest BCUT2D eigenvalue weighted by Crippen LogP contribution is 2.08. The number of hydrogen-bond donors (Lipinski definition) is 1. The number of rotatable bonds is 8. The van der Waals surface area contributed by atoms with Gasteiger partial charge in [-0.2, -0.15) is 0 Å². The summed E-state index contributed by atoms with van der Waals surface area (Å²) in [6.07, 6.45) is 5.26. The first-order chi connectivity index (χ1) is 6.70. The first kappa shape index (κ1) is 13.9. The lowest BCUT2D eigenvalue weighted by Crippen LogP contribution is -2.18. The maximum atomic E-state index is 10.7. The Kier molecular flexibility index (Phi) is 9.40. The number of hydrogen-bond acceptors (Lipinski definition) is 3. The summed E-state index contributed by atoms with van der Waals surface area (Å²) in [6.45, 7) is 2.16. The third-order valence-electron chi connectivity index (χ3n) is 1.93. The molecule has 1 atom stereocenters. The smallest absolute Gasteiger partial charge is 0.318 e. The Bertz CT molecular complexity index is 150. The minimum atomic E-state index is -0.929. The number of carbonyl (C=O) groups is 1. The Labute approximate surface area is 94.0 Å². The average Bonchev–Trinajstić information content (AvgIpc) is 2.17. The maximum Gasteiger partial charge on any atom is 0.318 e. The van der Waals surface area contributed by atoms with Gasteiger partial charge in [0.15, 0.2) is 0 Å². The fourth-order valence-electron chi connectivity index (χ4n) is 1.16. The van der Waals surface area contributed by atoms with Crippen LogP contribution in [0.3, 0.4) is 0 Å². The molecule has 0 aliphatic rings. The number of aliphatic hydroxyl groups is 1. The second kappa shape index (κ2) is 9.46. The molecule has 14 heavy (non-hydrogen) atoms. The molecule has 0 aliphatic heterocycles. The van der Waals surface area contributed by atoms with Crippen molar-refractivity contribution in [3.63, 3.8) is 0 Å². The summed E-state index contributed by atoms with van der Waals surface area (Å²) >= 11 is 2.96. The van der Waals surface area contributed by atoms with Gasteiger partial charge >= 0.3 is 5.97 Å². The van der Waals surface area contributed by atoms with Crippen LogP contribution in [-0.4, -0.2) is 22.7 Å². The van der Waals surface area contributed by atoms with Crippen LogP contribution in [0, 0.1) is 0 Å². The fraction of sp³-hybridized carbons (Fsp3) is 0.900. The molecule has 4 heteroatoms. The van der Waals surface area contributed by atoms with Crippen LogP contribution in [0.15, 0.2) is 0 Å². The van der Waals surface area contributed by atoms with Crippen molar-refractivity contribution in [3.8, 4) is 0 Å². The standard InChI is InChI=1S/C10H19BrO3/c1-2-3-4-5-6-7-9(12)14-10(13)8-11/h9,12H,2-8H2,1H3. The average molecular weight is 267 g/mol. The molecule has 1 N–H and O–H groups in total. The van der Waals surface area contributed by atoms with E-state index in [1.165, 1.54) is 19.3 Å². The van der Waals surface area contributed by atoms with Crippen LogP contribution in [0.25, 0.3) is 0 Å². The molecule has 0 heterocycles. The van der Waals surface area contributed by atoms with Crippen molar-refractivity contribution < 1.29 is 14.6 Å². The van der Waals surface area contributed by atoms with Gasteiger partial charge in [0.05, 0.1) is 0 Å². The van der Waals surface area contributed by atoms with E-state index in [1.54, 1.807) is 0 Å². The third-order valence-corrected chi connectivity index (χ3v) is 2.39. The molecule has 0 fully saturated rings. The molecule has 0 aromatic carbocycles. The van der Waals surface area contributed by atoms with Crippen LogP contribution in [0.1, 0.15) is 45.4 Å². The molecule has 0 saturated carbocycles. The molecule has 0 saturated heterocycles. The summed E-state index contributed by atoms with van der Waals surface area (Å²) in [5, 5.41) is 9.38. The first-order valence-electron chi connectivity index (χ1n) is 5.14. The lowest BCUT2D eigenvalue weighted by Gasteiger charge is -2.10. The Balaban J connectivity index is 3.26. The summed E-state index contributed by atoms with van der Waals surface area (Å²) in [7, 11) is 0. The predicted molar refractivity (Wildman–Crippen MR) is 59.3 cm³/mol. The van der Waals surface area contributed by atoms with E-state index in [4.69, 9.17) is 0 Å². The zero-order chi connectivity index (χ0) is 10.8. The van der Waals surface area contributed by atoms with Crippen LogP contribution >= 0.6 is 15.9 Å². The van der Waals surface area contributed by atoms with Crippen molar-refractivity contribution in [2.24, 2.45) is 0 Å². The van der Waals surface area contributed by atoms with Gasteiger partial charge in [0.2, 0.25) is 6.29 Å². The van der Waals surface area contributed by atoms with E-state index in [9.17, 15) is 9.90 Å². The molecule has 0 aromatic heterocycles. The Hall–Kier alpha value is -0.0900. The molecule has 0 aromatic rings. The number of carbonyl (C=O) groups excluding carboxylic acids is 1. The zero-order valence-corrected chi connectivity index (χ0v) is 10.3. The van der Waals surface area contributed by atoms with Crippen molar-refractivity contribution in [2.75, 3.05) is 5.33 Å². The summed E-state index contributed by atoms with van der Waals surface area (Å²) in [5.74, 6) is -0.411. The number of alkyl halides is 1. The molecule has 0 amide bonds. The lowest BCUT2D eigenvalue weighted by molar-refractivity contribution is -0.165. The van der Waals surface area contributed by atoms with Gasteiger partial charge in [-0.3, -0.25) is 4.79 Å². The van der Waals surface area contributed by atoms with Crippen LogP contribution in [0.5, 0.6) is 0 Å². The second-order valence-corrected chi connectivity index (χ2v) is 3.84. The Morgan fingerprint density at radius 3 is 2.57 bits per heavy atom. The quantitative estimate of drug-likeness (QED) is 0.318. The summed E-state index contributed by atoms with van der Waals surface area (Å²) in [4.78, 5) is 10.7. The molecular weight excluding hydrogens is 248 g/mol. The van der Waals surface area contributed by atoms with Crippen LogP contribution in [-0.2, 0) is 9.53 Å². The highest BCUT2D eigenvalue weighted by Gasteiger charge is 2.08. The second-order valence-electron chi connectivity index (χ2n) is 3.28. The third kappa shape index (κ3) is 8.51. The molecule has 0 radical (unpaired) electrons. The number of esters is 1. The van der Waals surface area contributed by atoms with Crippen molar-refractivity contribution in [1.29, 1.82) is 0 Å². The van der Waals surface area contributed by atoms with Gasteiger partial charge in [-0.15, -0.1) is 0 Å². The largest absolute Gasteiger partial charge is 0.435 e. The maximum absolute atomic E-state index is 10.7. The van der Waals surface area contributed by atoms with Gasteiger partial charge in [0.25, 0.3) is 0 Å². The normalized spacial score (nSPS) is 12.5. The van der Waals surface area contributed by atoms with Gasteiger partial charge < -0.3 is 9.84 Å². The number of halogens is 1. The van der Waals surface area contributed by atoms with Crippen molar-refractivity contribution in [3.05, 3.63) is 0 Å². The van der Waals surface area contributed by atoms with Crippen LogP contribution in [0.2, 0.25) is 0 Å². The van der Waals surface area contributed by atoms with Gasteiger partial charge in [-0.05, 0) is 6.42 Å². The molecule has 84 valence electrons. The molecule has 1 unspecified atom stereocenters. The number of unbranched alkanes of at least 4 members (excludes halogenated alkanes) is 4. The summed E-state index contributed by atoms with van der Waals surface area (Å²) < 4.78 is 4.68. The van der Waals surface area contributed by atoms with Gasteiger partial charge in [-0.25, -0.2) is 0 Å². The topological polar surface area (TPSA) is 46.5 Å². The molecule has 3 nitrogen and oxygen atoms in total. The van der Waals surface area contributed by atoms with Crippen molar-refractivity contribution in [2.45, 2.75) is 51.7 Å². The van der Waals surface area contributed by atoms with Gasteiger partial charge in [0, 0.05) is 6.42 Å². The van der Waals surface area contributed by atoms with E-state index in [0.717, 1.165) is 12.8 Å². The minimum absolute atomic E-state index is 0.139. The predicted octanol–water partition coefficient (Wildman–Crippen LogP) is 2.60. The number of aliphatic hydroxyl groups excluding tert-OH is 1. The van der Waals surface area contributed by atoms with Crippen LogP contribution in [0.4, 0.5) is 0 Å². The summed E-state index contributed by atoms with van der Waals surface area (Å²) in [6, 6.07) is 0. The van der Waals surface area contributed by atoms with E-state index in [0.29, 0.717) is 6.42 Å². The molecule has 0 bridgehead atoms. The number of ether oxygens (including phenoxy) is 1. The zero-order valence-electron chi connectivity index (χ0n) is 8.67. The SMILES string of the molecule is CCCCCCCC(O)OC(=O)CBr. The Morgan fingerprint density at radius 2 is 2.00 bits per heavy atom. The minimum Gasteiger partial charge on any atom is -0.435 e. The van der Waals surface area contributed by atoms with Crippen LogP contribution < -0.4 is 0 Å². The van der Waals surface area contributed by atoms with Gasteiger partial charge in [-0.1, -0.05) is 48.5 Å². The van der Waals surface area contributed by atoms with E-state index in [1.807, 2.05) is 0 Å². The molecule has 0 aliphatic carbocycles. The van der Waals surface area contributed by atoms with E-state index in [-0.39, 0.29) is 5.33 Å². The molecule has 0 rings (SSSR count). The molecule has 0 spiro atoms. The summed E-state index contributed by atoms with van der Waals surface area (Å²) in [5.41, 5.74) is 0. The monoisotopic (exact) mass is 266 g/mol. The first-order valence-corrected chi connectivity index (χ1v) is 6.26. The van der Waals surface area contributed by atoms with E-state index >= 15 is 0 Å². The fourth-order valence-corrected chi connectivity index (χ4v) is 1.30. The Morgan fingerprint density at radius 1 is 1.36 bits per heavy atom. The highest BCUT2D eigenvalue weighted by atomic mass is 79.9. The molecular formula is C10H19BrO3. The van der Waals surface area contributed by atoms with Crippen molar-refractivity contribution in [1.82, 2.24) is 0 Å². The van der Waals surface area contributed by atoms with E-state index < -0.39 is 12.3 Å². The van der Waals surface area contributed by atoms with Gasteiger partial charge in [0.1, 0.15) is 5.33 Å². The highest BCUT2D eigenvalue weighted by molar-refractivity contribution is 9.09. The van der Waals surface area contributed by atoms with E-state index in [2.05, 4.69) is 27.6 Å².